The standard InChI is InChI=1S/C16H23F3N4/c17-16(18,19)14-8-11(10-21-12-2-1-3-12)9-15(23-14)22-13-4-6-20-7-5-13/h8-9,12-13,20-21H,1-7,10H2,(H,22,23). The van der Waals surface area contributed by atoms with E-state index in [2.05, 4.69) is 20.9 Å². The molecule has 3 rings (SSSR count). The van der Waals surface area contributed by atoms with Gasteiger partial charge in [-0.25, -0.2) is 4.98 Å². The molecule has 128 valence electrons. The van der Waals surface area contributed by atoms with E-state index in [1.54, 1.807) is 6.07 Å². The van der Waals surface area contributed by atoms with Crippen LogP contribution in [0.15, 0.2) is 12.1 Å². The van der Waals surface area contributed by atoms with E-state index in [1.165, 1.54) is 6.42 Å². The minimum absolute atomic E-state index is 0.180. The molecule has 4 nitrogen and oxygen atoms in total. The van der Waals surface area contributed by atoms with E-state index in [-0.39, 0.29) is 6.04 Å². The zero-order valence-corrected chi connectivity index (χ0v) is 13.0. The lowest BCUT2D eigenvalue weighted by atomic mass is 9.93. The molecule has 0 aromatic carbocycles. The highest BCUT2D eigenvalue weighted by Gasteiger charge is 2.33. The van der Waals surface area contributed by atoms with Gasteiger partial charge in [-0.2, -0.15) is 13.2 Å². The zero-order chi connectivity index (χ0) is 16.3. The molecule has 2 fully saturated rings. The second-order valence-electron chi connectivity index (χ2n) is 6.42. The Bertz CT molecular complexity index is 523. The van der Waals surface area contributed by atoms with Crippen LogP contribution in [-0.4, -0.2) is 30.2 Å². The summed E-state index contributed by atoms with van der Waals surface area (Å²) in [6.07, 6.45) is 0.789. The van der Waals surface area contributed by atoms with Crippen LogP contribution in [0.3, 0.4) is 0 Å². The maximum atomic E-state index is 13.1. The third-order valence-corrected chi connectivity index (χ3v) is 4.57. The summed E-state index contributed by atoms with van der Waals surface area (Å²) >= 11 is 0. The summed E-state index contributed by atoms with van der Waals surface area (Å²) in [4.78, 5) is 3.78. The third kappa shape index (κ3) is 4.57. The Labute approximate surface area is 134 Å². The first-order valence-corrected chi connectivity index (χ1v) is 8.29. The van der Waals surface area contributed by atoms with Crippen LogP contribution in [-0.2, 0) is 12.7 Å². The lowest BCUT2D eigenvalue weighted by molar-refractivity contribution is -0.141. The van der Waals surface area contributed by atoms with E-state index in [1.807, 2.05) is 0 Å². The van der Waals surface area contributed by atoms with Gasteiger partial charge in [0.1, 0.15) is 11.5 Å². The van der Waals surface area contributed by atoms with Crippen LogP contribution in [0, 0.1) is 0 Å². The molecule has 0 spiro atoms. The van der Waals surface area contributed by atoms with Crippen molar-refractivity contribution in [3.63, 3.8) is 0 Å². The van der Waals surface area contributed by atoms with E-state index in [0.717, 1.165) is 44.8 Å². The summed E-state index contributed by atoms with van der Waals surface area (Å²) in [5.41, 5.74) is -0.183. The molecule has 0 radical (unpaired) electrons. The number of pyridine rings is 1. The number of rotatable bonds is 5. The average Bonchev–Trinajstić information content (AvgIpc) is 2.45. The summed E-state index contributed by atoms with van der Waals surface area (Å²) in [5.74, 6) is 0.331. The van der Waals surface area contributed by atoms with Crippen LogP contribution in [0.2, 0.25) is 0 Å². The molecule has 0 amide bonds. The quantitative estimate of drug-likeness (QED) is 0.778. The van der Waals surface area contributed by atoms with Crippen LogP contribution in [0.5, 0.6) is 0 Å². The third-order valence-electron chi connectivity index (χ3n) is 4.57. The lowest BCUT2D eigenvalue weighted by Gasteiger charge is -2.27. The Balaban J connectivity index is 1.72. The molecule has 1 aromatic rings. The fourth-order valence-corrected chi connectivity index (χ4v) is 2.96. The Morgan fingerprint density at radius 2 is 1.83 bits per heavy atom. The Hall–Kier alpha value is -1.34. The Kier molecular flexibility index (Phi) is 5.06. The number of hydrogen-bond donors (Lipinski definition) is 3. The van der Waals surface area contributed by atoms with Crippen molar-refractivity contribution in [2.45, 2.75) is 56.9 Å². The molecule has 1 aromatic heterocycles. The van der Waals surface area contributed by atoms with Crippen molar-refractivity contribution in [1.82, 2.24) is 15.6 Å². The molecule has 3 N–H and O–H groups in total. The number of anilines is 1. The molecule has 1 saturated heterocycles. The van der Waals surface area contributed by atoms with Crippen LogP contribution in [0.25, 0.3) is 0 Å². The summed E-state index contributed by atoms with van der Waals surface area (Å²) in [6.45, 7) is 2.22. The molecule has 2 heterocycles. The highest BCUT2D eigenvalue weighted by atomic mass is 19.4. The number of nitrogens with zero attached hydrogens (tertiary/aromatic N) is 1. The molecule has 0 bridgehead atoms. The van der Waals surface area contributed by atoms with Crippen LogP contribution < -0.4 is 16.0 Å². The van der Waals surface area contributed by atoms with Crippen LogP contribution in [0.4, 0.5) is 19.0 Å². The molecule has 1 aliphatic heterocycles. The summed E-state index contributed by atoms with van der Waals surface area (Å²) in [7, 11) is 0. The number of piperidine rings is 1. The van der Waals surface area contributed by atoms with Gasteiger partial charge in [0.05, 0.1) is 0 Å². The first-order valence-electron chi connectivity index (χ1n) is 8.29. The van der Waals surface area contributed by atoms with Gasteiger partial charge < -0.3 is 16.0 Å². The highest BCUT2D eigenvalue weighted by molar-refractivity contribution is 5.41. The normalized spacial score (nSPS) is 20.3. The van der Waals surface area contributed by atoms with Gasteiger partial charge >= 0.3 is 6.18 Å². The first-order chi connectivity index (χ1) is 11.0. The monoisotopic (exact) mass is 328 g/mol. The largest absolute Gasteiger partial charge is 0.433 e. The predicted octanol–water partition coefficient (Wildman–Crippen LogP) is 2.91. The van der Waals surface area contributed by atoms with Crippen molar-refractivity contribution in [3.05, 3.63) is 23.4 Å². The SMILES string of the molecule is FC(F)(F)c1cc(CNC2CCC2)cc(NC2CCNCC2)n1. The number of nitrogens with one attached hydrogen (secondary N) is 3. The van der Waals surface area contributed by atoms with Crippen molar-refractivity contribution >= 4 is 5.82 Å². The molecule has 0 atom stereocenters. The summed E-state index contributed by atoms with van der Waals surface area (Å²) in [5, 5.41) is 9.73. The van der Waals surface area contributed by atoms with Crippen molar-refractivity contribution in [2.24, 2.45) is 0 Å². The maximum Gasteiger partial charge on any atom is 0.433 e. The van der Waals surface area contributed by atoms with Gasteiger partial charge in [-0.1, -0.05) is 6.42 Å². The zero-order valence-electron chi connectivity index (χ0n) is 13.0. The molecule has 1 aliphatic carbocycles. The van der Waals surface area contributed by atoms with Gasteiger partial charge in [0.2, 0.25) is 0 Å². The Morgan fingerprint density at radius 1 is 1.09 bits per heavy atom. The van der Waals surface area contributed by atoms with Gasteiger partial charge in [0.25, 0.3) is 0 Å². The molecular formula is C16H23F3N4. The van der Waals surface area contributed by atoms with E-state index in [0.29, 0.717) is 24.0 Å². The second-order valence-corrected chi connectivity index (χ2v) is 6.42. The van der Waals surface area contributed by atoms with E-state index < -0.39 is 11.9 Å². The minimum atomic E-state index is -4.42. The molecule has 7 heteroatoms. The van der Waals surface area contributed by atoms with Gasteiger partial charge in [-0.3, -0.25) is 0 Å². The number of hydrogen-bond acceptors (Lipinski definition) is 4. The molecular weight excluding hydrogens is 305 g/mol. The second kappa shape index (κ2) is 7.05. The smallest absolute Gasteiger partial charge is 0.367 e. The van der Waals surface area contributed by atoms with Crippen molar-refractivity contribution in [1.29, 1.82) is 0 Å². The first kappa shape index (κ1) is 16.5. The van der Waals surface area contributed by atoms with Crippen LogP contribution >= 0.6 is 0 Å². The molecule has 23 heavy (non-hydrogen) atoms. The number of alkyl halides is 3. The van der Waals surface area contributed by atoms with Gasteiger partial charge in [-0.05, 0) is 56.5 Å². The van der Waals surface area contributed by atoms with Crippen LogP contribution in [0.1, 0.15) is 43.4 Å². The van der Waals surface area contributed by atoms with Crippen molar-refractivity contribution in [3.8, 4) is 0 Å². The number of aromatic nitrogens is 1. The highest BCUT2D eigenvalue weighted by Crippen LogP contribution is 2.30. The van der Waals surface area contributed by atoms with E-state index in [4.69, 9.17) is 0 Å². The molecule has 2 aliphatic rings. The fourth-order valence-electron chi connectivity index (χ4n) is 2.96. The van der Waals surface area contributed by atoms with E-state index in [9.17, 15) is 13.2 Å². The predicted molar refractivity (Wildman–Crippen MR) is 83.2 cm³/mol. The fraction of sp³-hybridized carbons (Fsp3) is 0.688. The van der Waals surface area contributed by atoms with Gasteiger partial charge in [0, 0.05) is 18.6 Å². The van der Waals surface area contributed by atoms with Gasteiger partial charge in [-0.15, -0.1) is 0 Å². The average molecular weight is 328 g/mol. The molecule has 0 unspecified atom stereocenters. The van der Waals surface area contributed by atoms with E-state index >= 15 is 0 Å². The maximum absolute atomic E-state index is 13.1. The Morgan fingerprint density at radius 3 is 2.43 bits per heavy atom. The minimum Gasteiger partial charge on any atom is -0.367 e. The summed E-state index contributed by atoms with van der Waals surface area (Å²) < 4.78 is 39.2. The van der Waals surface area contributed by atoms with Crippen molar-refractivity contribution in [2.75, 3.05) is 18.4 Å². The number of halogens is 3. The lowest BCUT2D eigenvalue weighted by Crippen LogP contribution is -2.36. The summed E-state index contributed by atoms with van der Waals surface area (Å²) in [6, 6.07) is 3.51. The topological polar surface area (TPSA) is 49.0 Å². The molecule has 1 saturated carbocycles. The van der Waals surface area contributed by atoms with Crippen molar-refractivity contribution < 1.29 is 13.2 Å². The van der Waals surface area contributed by atoms with Gasteiger partial charge in [0.15, 0.2) is 0 Å².